The van der Waals surface area contributed by atoms with Crippen LogP contribution in [0.2, 0.25) is 0 Å². The van der Waals surface area contributed by atoms with Gasteiger partial charge in [-0.1, -0.05) is 6.92 Å². The van der Waals surface area contributed by atoms with E-state index >= 15 is 0 Å². The highest BCUT2D eigenvalue weighted by atomic mass is 19.1. The molecule has 84 valence electrons. The molecule has 1 aromatic heterocycles. The van der Waals surface area contributed by atoms with Crippen molar-refractivity contribution in [3.8, 4) is 6.07 Å². The minimum Gasteiger partial charge on any atom is -0.352 e. The number of nitrogens with zero attached hydrogens (tertiary/aromatic N) is 4. The summed E-state index contributed by atoms with van der Waals surface area (Å²) in [6.07, 6.45) is 0.00856. The van der Waals surface area contributed by atoms with Gasteiger partial charge in [-0.05, 0) is 24.5 Å². The molecule has 0 saturated carbocycles. The number of halogens is 1. The van der Waals surface area contributed by atoms with Gasteiger partial charge in [0.15, 0.2) is 11.5 Å². The predicted molar refractivity (Wildman–Crippen MR) is 57.6 cm³/mol. The molecule has 0 aromatic carbocycles. The Balaban J connectivity index is 2.10. The largest absolute Gasteiger partial charge is 0.352 e. The molecule has 2 unspecified atom stereocenters. The lowest BCUT2D eigenvalue weighted by atomic mass is 9.97. The maximum Gasteiger partial charge on any atom is 0.163 e. The van der Waals surface area contributed by atoms with E-state index in [1.54, 1.807) is 12.1 Å². The smallest absolute Gasteiger partial charge is 0.163 e. The molecule has 4 nitrogen and oxygen atoms in total. The molecule has 1 aromatic rings. The first-order valence-corrected chi connectivity index (χ1v) is 5.33. The number of aromatic nitrogens is 2. The van der Waals surface area contributed by atoms with Gasteiger partial charge in [0.2, 0.25) is 0 Å². The Kier molecular flexibility index (Phi) is 3.00. The Morgan fingerprint density at radius 1 is 1.50 bits per heavy atom. The zero-order chi connectivity index (χ0) is 11.5. The summed E-state index contributed by atoms with van der Waals surface area (Å²) >= 11 is 0. The van der Waals surface area contributed by atoms with Crippen molar-refractivity contribution in [2.75, 3.05) is 18.0 Å². The van der Waals surface area contributed by atoms with Crippen LogP contribution in [0.5, 0.6) is 0 Å². The van der Waals surface area contributed by atoms with E-state index in [9.17, 15) is 4.39 Å². The maximum atomic E-state index is 13.5. The number of rotatable bonds is 1. The fraction of sp³-hybridized carbons (Fsp3) is 0.545. The molecule has 0 spiro atoms. The van der Waals surface area contributed by atoms with Crippen molar-refractivity contribution in [1.82, 2.24) is 10.2 Å². The number of hydrogen-bond donors (Lipinski definition) is 0. The molecular formula is C11H13FN4. The first-order valence-electron chi connectivity index (χ1n) is 5.33. The zero-order valence-electron chi connectivity index (χ0n) is 9.10. The summed E-state index contributed by atoms with van der Waals surface area (Å²) in [7, 11) is 0. The summed E-state index contributed by atoms with van der Waals surface area (Å²) in [6, 6.07) is 5.23. The third-order valence-corrected chi connectivity index (χ3v) is 2.96. The van der Waals surface area contributed by atoms with Gasteiger partial charge in [-0.3, -0.25) is 0 Å². The van der Waals surface area contributed by atoms with Gasteiger partial charge in [-0.15, -0.1) is 10.2 Å². The molecule has 0 N–H and O–H groups in total. The Labute approximate surface area is 93.7 Å². The van der Waals surface area contributed by atoms with Crippen molar-refractivity contribution < 1.29 is 4.39 Å². The van der Waals surface area contributed by atoms with E-state index in [0.717, 1.165) is 13.0 Å². The molecule has 0 amide bonds. The standard InChI is InChI=1S/C11H13FN4/c1-8-4-5-16(7-10(8)12)11-3-2-9(6-13)14-15-11/h2-3,8,10H,4-5,7H2,1H3. The number of alkyl halides is 1. The summed E-state index contributed by atoms with van der Waals surface area (Å²) in [5, 5.41) is 16.3. The first kappa shape index (κ1) is 10.8. The van der Waals surface area contributed by atoms with Crippen molar-refractivity contribution >= 4 is 5.82 Å². The van der Waals surface area contributed by atoms with Gasteiger partial charge in [-0.25, -0.2) is 4.39 Å². The van der Waals surface area contributed by atoms with Crippen molar-refractivity contribution in [3.63, 3.8) is 0 Å². The highest BCUT2D eigenvalue weighted by Gasteiger charge is 2.26. The van der Waals surface area contributed by atoms with Crippen molar-refractivity contribution in [3.05, 3.63) is 17.8 Å². The third kappa shape index (κ3) is 2.11. The fourth-order valence-corrected chi connectivity index (χ4v) is 1.78. The summed E-state index contributed by atoms with van der Waals surface area (Å²) < 4.78 is 13.5. The number of anilines is 1. The van der Waals surface area contributed by atoms with Crippen LogP contribution in [-0.4, -0.2) is 29.5 Å². The van der Waals surface area contributed by atoms with Crippen molar-refractivity contribution in [2.45, 2.75) is 19.5 Å². The number of nitriles is 1. The molecule has 5 heteroatoms. The van der Waals surface area contributed by atoms with Gasteiger partial charge in [0.1, 0.15) is 12.2 Å². The van der Waals surface area contributed by atoms with E-state index in [-0.39, 0.29) is 11.6 Å². The van der Waals surface area contributed by atoms with Crippen LogP contribution in [0.15, 0.2) is 12.1 Å². The van der Waals surface area contributed by atoms with Gasteiger partial charge in [-0.2, -0.15) is 5.26 Å². The second-order valence-corrected chi connectivity index (χ2v) is 4.12. The molecular weight excluding hydrogens is 207 g/mol. The average molecular weight is 220 g/mol. The summed E-state index contributed by atoms with van der Waals surface area (Å²) in [5.41, 5.74) is 0.283. The summed E-state index contributed by atoms with van der Waals surface area (Å²) in [4.78, 5) is 1.87. The zero-order valence-corrected chi connectivity index (χ0v) is 9.10. The lowest BCUT2D eigenvalue weighted by Crippen LogP contribution is -2.41. The van der Waals surface area contributed by atoms with E-state index in [1.807, 2.05) is 17.9 Å². The van der Waals surface area contributed by atoms with Crippen LogP contribution in [0.25, 0.3) is 0 Å². The number of piperidine rings is 1. The normalized spacial score (nSPS) is 25.2. The van der Waals surface area contributed by atoms with Crippen LogP contribution in [-0.2, 0) is 0 Å². The minimum absolute atomic E-state index is 0.114. The second kappa shape index (κ2) is 4.44. The molecule has 1 saturated heterocycles. The fourth-order valence-electron chi connectivity index (χ4n) is 1.78. The highest BCUT2D eigenvalue weighted by Crippen LogP contribution is 2.23. The van der Waals surface area contributed by atoms with Crippen LogP contribution in [0, 0.1) is 17.2 Å². The predicted octanol–water partition coefficient (Wildman–Crippen LogP) is 1.53. The monoisotopic (exact) mass is 220 g/mol. The maximum absolute atomic E-state index is 13.5. The van der Waals surface area contributed by atoms with E-state index in [4.69, 9.17) is 5.26 Å². The van der Waals surface area contributed by atoms with E-state index < -0.39 is 6.17 Å². The molecule has 0 bridgehead atoms. The molecule has 2 atom stereocenters. The quantitative estimate of drug-likeness (QED) is 0.720. The van der Waals surface area contributed by atoms with Gasteiger partial charge in [0.25, 0.3) is 0 Å². The minimum atomic E-state index is -0.814. The average Bonchev–Trinajstić information content (AvgIpc) is 2.33. The van der Waals surface area contributed by atoms with Crippen LogP contribution in [0.4, 0.5) is 10.2 Å². The topological polar surface area (TPSA) is 52.8 Å². The molecule has 2 heterocycles. The molecule has 1 aliphatic heterocycles. The van der Waals surface area contributed by atoms with Gasteiger partial charge in [0, 0.05) is 6.54 Å². The summed E-state index contributed by atoms with van der Waals surface area (Å²) in [5.74, 6) is 0.760. The van der Waals surface area contributed by atoms with E-state index in [2.05, 4.69) is 10.2 Å². The highest BCUT2D eigenvalue weighted by molar-refractivity contribution is 5.39. The Bertz CT molecular complexity index is 397. The van der Waals surface area contributed by atoms with E-state index in [0.29, 0.717) is 12.4 Å². The molecule has 0 aliphatic carbocycles. The molecule has 1 aliphatic rings. The first-order chi connectivity index (χ1) is 7.70. The number of hydrogen-bond acceptors (Lipinski definition) is 4. The summed E-state index contributed by atoms with van der Waals surface area (Å²) in [6.45, 7) is 3.08. The molecule has 16 heavy (non-hydrogen) atoms. The van der Waals surface area contributed by atoms with Crippen molar-refractivity contribution in [1.29, 1.82) is 5.26 Å². The Morgan fingerprint density at radius 3 is 2.88 bits per heavy atom. The Morgan fingerprint density at radius 2 is 2.31 bits per heavy atom. The molecule has 1 fully saturated rings. The third-order valence-electron chi connectivity index (χ3n) is 2.96. The molecule has 2 rings (SSSR count). The van der Waals surface area contributed by atoms with Gasteiger partial charge < -0.3 is 4.90 Å². The van der Waals surface area contributed by atoms with E-state index in [1.165, 1.54) is 0 Å². The van der Waals surface area contributed by atoms with Crippen molar-refractivity contribution in [2.24, 2.45) is 5.92 Å². The van der Waals surface area contributed by atoms with Crippen LogP contribution >= 0.6 is 0 Å². The van der Waals surface area contributed by atoms with Gasteiger partial charge in [0.05, 0.1) is 6.54 Å². The van der Waals surface area contributed by atoms with Gasteiger partial charge >= 0.3 is 0 Å². The lowest BCUT2D eigenvalue weighted by Gasteiger charge is -2.33. The SMILES string of the molecule is CC1CCN(c2ccc(C#N)nn2)CC1F. The van der Waals surface area contributed by atoms with Crippen LogP contribution in [0.3, 0.4) is 0 Å². The lowest BCUT2D eigenvalue weighted by molar-refractivity contribution is 0.211. The second-order valence-electron chi connectivity index (χ2n) is 4.12. The van der Waals surface area contributed by atoms with Crippen LogP contribution < -0.4 is 4.90 Å². The molecule has 0 radical (unpaired) electrons. The Hall–Kier alpha value is -1.70. The van der Waals surface area contributed by atoms with Crippen LogP contribution in [0.1, 0.15) is 19.0 Å².